The highest BCUT2D eigenvalue weighted by Gasteiger charge is 2.18. The van der Waals surface area contributed by atoms with Crippen LogP contribution in [0.4, 0.5) is 0 Å². The highest BCUT2D eigenvalue weighted by molar-refractivity contribution is 5.93. The van der Waals surface area contributed by atoms with Gasteiger partial charge in [-0.3, -0.25) is 19.6 Å². The topological polar surface area (TPSA) is 102 Å². The molecular weight excluding hydrogens is 408 g/mol. The van der Waals surface area contributed by atoms with E-state index in [-0.39, 0.29) is 11.8 Å². The van der Waals surface area contributed by atoms with Crippen LogP contribution in [0.5, 0.6) is 0 Å². The van der Waals surface area contributed by atoms with E-state index in [1.165, 1.54) is 9.80 Å². The Morgan fingerprint density at radius 3 is 1.56 bits per heavy atom. The van der Waals surface area contributed by atoms with E-state index in [4.69, 9.17) is 0 Å². The molecule has 4 aromatic rings. The van der Waals surface area contributed by atoms with Crippen molar-refractivity contribution in [2.75, 3.05) is 27.2 Å². The summed E-state index contributed by atoms with van der Waals surface area (Å²) >= 11 is 0. The minimum absolute atomic E-state index is 0.237. The highest BCUT2D eigenvalue weighted by Crippen LogP contribution is 2.11. The standard InChI is InChI=1S/C22H22N8O2/c1-27(21(31)19-15-17(5-9-23-19)29-11-3-7-25-29)13-14-28(2)22(32)20-16-18(6-10-24-20)30-12-4-8-26-30/h3-12,15-16H,13-14H2,1-2H3. The zero-order valence-corrected chi connectivity index (χ0v) is 17.7. The second-order valence-corrected chi connectivity index (χ2v) is 7.15. The minimum Gasteiger partial charge on any atom is -0.339 e. The van der Waals surface area contributed by atoms with E-state index in [0.717, 1.165) is 11.4 Å². The van der Waals surface area contributed by atoms with Crippen LogP contribution in [0.1, 0.15) is 21.0 Å². The van der Waals surface area contributed by atoms with Gasteiger partial charge in [0, 0.05) is 64.4 Å². The van der Waals surface area contributed by atoms with Crippen LogP contribution in [0.25, 0.3) is 11.4 Å². The summed E-state index contributed by atoms with van der Waals surface area (Å²) in [5, 5.41) is 8.34. The lowest BCUT2D eigenvalue weighted by Gasteiger charge is -2.22. The summed E-state index contributed by atoms with van der Waals surface area (Å²) in [5.74, 6) is -0.475. The van der Waals surface area contributed by atoms with Crippen molar-refractivity contribution < 1.29 is 9.59 Å². The largest absolute Gasteiger partial charge is 0.339 e. The van der Waals surface area contributed by atoms with Gasteiger partial charge in [-0.05, 0) is 36.4 Å². The van der Waals surface area contributed by atoms with Gasteiger partial charge in [0.05, 0.1) is 11.4 Å². The maximum atomic E-state index is 12.8. The average molecular weight is 430 g/mol. The first-order valence-corrected chi connectivity index (χ1v) is 9.96. The number of carbonyl (C=O) groups is 2. The van der Waals surface area contributed by atoms with Gasteiger partial charge in [0.2, 0.25) is 0 Å². The number of aromatic nitrogens is 6. The maximum Gasteiger partial charge on any atom is 0.272 e. The van der Waals surface area contributed by atoms with E-state index in [9.17, 15) is 9.59 Å². The Balaban J connectivity index is 1.38. The van der Waals surface area contributed by atoms with Crippen molar-refractivity contribution in [2.24, 2.45) is 0 Å². The van der Waals surface area contributed by atoms with E-state index in [1.54, 1.807) is 97.0 Å². The van der Waals surface area contributed by atoms with Crippen LogP contribution in [0.15, 0.2) is 73.6 Å². The van der Waals surface area contributed by atoms with Crippen molar-refractivity contribution >= 4 is 11.8 Å². The number of pyridine rings is 2. The van der Waals surface area contributed by atoms with Crippen LogP contribution in [0, 0.1) is 0 Å². The Bertz CT molecular complexity index is 1110. The number of hydrogen-bond acceptors (Lipinski definition) is 6. The molecule has 0 saturated heterocycles. The molecule has 0 aliphatic heterocycles. The molecule has 2 amide bonds. The van der Waals surface area contributed by atoms with Gasteiger partial charge in [-0.15, -0.1) is 0 Å². The number of nitrogens with zero attached hydrogens (tertiary/aromatic N) is 8. The Hall–Kier alpha value is -4.34. The SMILES string of the molecule is CN(CCN(C)C(=O)c1cc(-n2cccn2)ccn1)C(=O)c1cc(-n2cccn2)ccn1. The molecular formula is C22H22N8O2. The third-order valence-corrected chi connectivity index (χ3v) is 4.93. The quantitative estimate of drug-likeness (QED) is 0.442. The molecule has 0 unspecified atom stereocenters. The normalized spacial score (nSPS) is 10.7. The summed E-state index contributed by atoms with van der Waals surface area (Å²) in [6, 6.07) is 10.5. The molecule has 10 heteroatoms. The molecule has 0 aromatic carbocycles. The van der Waals surface area contributed by atoms with Gasteiger partial charge in [-0.25, -0.2) is 9.36 Å². The third kappa shape index (κ3) is 4.53. The Kier molecular flexibility index (Phi) is 6.02. The van der Waals surface area contributed by atoms with Crippen LogP contribution in [-0.4, -0.2) is 78.3 Å². The van der Waals surface area contributed by atoms with Crippen LogP contribution in [-0.2, 0) is 0 Å². The molecule has 162 valence electrons. The van der Waals surface area contributed by atoms with Crippen molar-refractivity contribution in [2.45, 2.75) is 0 Å². The zero-order chi connectivity index (χ0) is 22.5. The molecule has 0 aliphatic carbocycles. The van der Waals surface area contributed by atoms with Crippen molar-refractivity contribution in [3.8, 4) is 11.4 Å². The summed E-state index contributed by atoms with van der Waals surface area (Å²) in [4.78, 5) is 37.0. The van der Waals surface area contributed by atoms with Crippen molar-refractivity contribution in [3.63, 3.8) is 0 Å². The van der Waals surface area contributed by atoms with Gasteiger partial charge in [0.25, 0.3) is 11.8 Å². The summed E-state index contributed by atoms with van der Waals surface area (Å²) in [7, 11) is 3.36. The van der Waals surface area contributed by atoms with E-state index in [1.807, 2.05) is 0 Å². The summed E-state index contributed by atoms with van der Waals surface area (Å²) in [6.45, 7) is 0.682. The number of amides is 2. The molecule has 0 N–H and O–H groups in total. The molecule has 4 heterocycles. The summed E-state index contributed by atoms with van der Waals surface area (Å²) in [6.07, 6.45) is 10.1. The van der Waals surface area contributed by atoms with Crippen molar-refractivity contribution in [1.82, 2.24) is 39.3 Å². The molecule has 32 heavy (non-hydrogen) atoms. The second-order valence-electron chi connectivity index (χ2n) is 7.15. The molecule has 0 radical (unpaired) electrons. The fraction of sp³-hybridized carbons (Fsp3) is 0.182. The Morgan fingerprint density at radius 2 is 1.19 bits per heavy atom. The fourth-order valence-electron chi connectivity index (χ4n) is 3.09. The van der Waals surface area contributed by atoms with Crippen molar-refractivity contribution in [1.29, 1.82) is 0 Å². The second kappa shape index (κ2) is 9.21. The van der Waals surface area contributed by atoms with E-state index >= 15 is 0 Å². The zero-order valence-electron chi connectivity index (χ0n) is 17.7. The first-order chi connectivity index (χ1) is 15.5. The summed E-state index contributed by atoms with van der Waals surface area (Å²) < 4.78 is 3.32. The molecule has 0 saturated carbocycles. The van der Waals surface area contributed by atoms with E-state index in [2.05, 4.69) is 20.2 Å². The first-order valence-electron chi connectivity index (χ1n) is 9.96. The predicted molar refractivity (Wildman–Crippen MR) is 117 cm³/mol. The first kappa shape index (κ1) is 20.9. The monoisotopic (exact) mass is 430 g/mol. The number of likely N-dealkylation sites (N-methyl/N-ethyl adjacent to an activating group) is 2. The van der Waals surface area contributed by atoms with Gasteiger partial charge in [-0.2, -0.15) is 10.2 Å². The highest BCUT2D eigenvalue weighted by atomic mass is 16.2. The smallest absolute Gasteiger partial charge is 0.272 e. The van der Waals surface area contributed by atoms with Gasteiger partial charge >= 0.3 is 0 Å². The van der Waals surface area contributed by atoms with Crippen LogP contribution in [0.3, 0.4) is 0 Å². The minimum atomic E-state index is -0.237. The molecule has 0 fully saturated rings. The number of hydrogen-bond donors (Lipinski definition) is 0. The predicted octanol–water partition coefficient (Wildman–Crippen LogP) is 1.69. The maximum absolute atomic E-state index is 12.8. The van der Waals surface area contributed by atoms with Gasteiger partial charge in [0.15, 0.2) is 0 Å². The van der Waals surface area contributed by atoms with Gasteiger partial charge in [0.1, 0.15) is 11.4 Å². The molecule has 0 spiro atoms. The molecule has 10 nitrogen and oxygen atoms in total. The van der Waals surface area contributed by atoms with Crippen molar-refractivity contribution in [3.05, 3.63) is 85.0 Å². The van der Waals surface area contributed by atoms with Crippen LogP contribution < -0.4 is 0 Å². The molecule has 0 atom stereocenters. The summed E-state index contributed by atoms with van der Waals surface area (Å²) in [5.41, 5.74) is 2.11. The van der Waals surface area contributed by atoms with E-state index < -0.39 is 0 Å². The lowest BCUT2D eigenvalue weighted by Crippen LogP contribution is -2.38. The molecule has 0 aliphatic rings. The average Bonchev–Trinajstić information content (AvgIpc) is 3.56. The fourth-order valence-corrected chi connectivity index (χ4v) is 3.09. The number of carbonyl (C=O) groups excluding carboxylic acids is 2. The Morgan fingerprint density at radius 1 is 0.750 bits per heavy atom. The third-order valence-electron chi connectivity index (χ3n) is 4.93. The van der Waals surface area contributed by atoms with Crippen LogP contribution >= 0.6 is 0 Å². The molecule has 4 aromatic heterocycles. The molecule has 4 rings (SSSR count). The van der Waals surface area contributed by atoms with Gasteiger partial charge in [-0.1, -0.05) is 0 Å². The number of rotatable bonds is 7. The lowest BCUT2D eigenvalue weighted by atomic mass is 10.2. The van der Waals surface area contributed by atoms with Crippen LogP contribution in [0.2, 0.25) is 0 Å². The molecule has 0 bridgehead atoms. The van der Waals surface area contributed by atoms with E-state index in [0.29, 0.717) is 24.5 Å². The Labute approximate surface area is 184 Å². The van der Waals surface area contributed by atoms with Gasteiger partial charge < -0.3 is 9.80 Å². The lowest BCUT2D eigenvalue weighted by molar-refractivity contribution is 0.0713.